The number of sulfonamides is 1. The second-order valence-electron chi connectivity index (χ2n) is 6.66. The lowest BCUT2D eigenvalue weighted by molar-refractivity contribution is -0.119. The predicted octanol–water partition coefficient (Wildman–Crippen LogP) is 3.05. The zero-order chi connectivity index (χ0) is 22.9. The maximum atomic E-state index is 13.6. The first-order chi connectivity index (χ1) is 14.8. The van der Waals surface area contributed by atoms with Gasteiger partial charge in [-0.2, -0.15) is 11.8 Å². The number of hydrogen-bond acceptors (Lipinski definition) is 6. The van der Waals surface area contributed by atoms with E-state index >= 15 is 0 Å². The number of hydrogen-bond donors (Lipinski definition) is 1. The van der Waals surface area contributed by atoms with Crippen LogP contribution >= 0.6 is 11.8 Å². The summed E-state index contributed by atoms with van der Waals surface area (Å²) in [6.07, 6.45) is 1.72. The molecule has 0 atom stereocenters. The standard InChI is InChI=1S/C21H27FN2O5S2/c1-28-19-10-9-17(13-20(19)29-2)24(31(3,26)27)14-21(25)23-11-6-12-30-15-16-7-4-5-8-18(16)22/h4-5,7-10,13H,6,11-12,14-15H2,1-3H3,(H,23,25). The van der Waals surface area contributed by atoms with Crippen LogP contribution in [-0.4, -0.2) is 53.6 Å². The number of carbonyl (C=O) groups excluding carboxylic acids is 1. The summed E-state index contributed by atoms with van der Waals surface area (Å²) in [5.41, 5.74) is 0.950. The Morgan fingerprint density at radius 3 is 2.48 bits per heavy atom. The van der Waals surface area contributed by atoms with Gasteiger partial charge >= 0.3 is 0 Å². The fourth-order valence-electron chi connectivity index (χ4n) is 2.77. The number of thioether (sulfide) groups is 1. The van der Waals surface area contributed by atoms with E-state index in [0.717, 1.165) is 16.3 Å². The number of rotatable bonds is 12. The molecule has 2 rings (SSSR count). The second kappa shape index (κ2) is 11.8. The fourth-order valence-corrected chi connectivity index (χ4v) is 4.56. The van der Waals surface area contributed by atoms with Crippen LogP contribution in [0.15, 0.2) is 42.5 Å². The summed E-state index contributed by atoms with van der Waals surface area (Å²) in [4.78, 5) is 12.3. The highest BCUT2D eigenvalue weighted by Gasteiger charge is 2.22. The number of nitrogens with zero attached hydrogens (tertiary/aromatic N) is 1. The van der Waals surface area contributed by atoms with E-state index in [2.05, 4.69) is 5.32 Å². The van der Waals surface area contributed by atoms with Gasteiger partial charge in [-0.15, -0.1) is 0 Å². The van der Waals surface area contributed by atoms with Gasteiger partial charge in [0.05, 0.1) is 26.2 Å². The lowest BCUT2D eigenvalue weighted by Gasteiger charge is -2.23. The van der Waals surface area contributed by atoms with Crippen LogP contribution in [0.3, 0.4) is 0 Å². The second-order valence-corrected chi connectivity index (χ2v) is 9.67. The molecule has 2 aromatic rings. The van der Waals surface area contributed by atoms with Gasteiger partial charge in [0.2, 0.25) is 15.9 Å². The number of ether oxygens (including phenoxy) is 2. The molecule has 0 bridgehead atoms. The zero-order valence-electron chi connectivity index (χ0n) is 17.8. The molecule has 31 heavy (non-hydrogen) atoms. The minimum atomic E-state index is -3.70. The van der Waals surface area contributed by atoms with E-state index in [4.69, 9.17) is 9.47 Å². The van der Waals surface area contributed by atoms with Crippen LogP contribution in [0.4, 0.5) is 10.1 Å². The van der Waals surface area contributed by atoms with Gasteiger partial charge in [0.15, 0.2) is 11.5 Å². The zero-order valence-corrected chi connectivity index (χ0v) is 19.4. The highest BCUT2D eigenvalue weighted by molar-refractivity contribution is 7.98. The Bertz CT molecular complexity index is 985. The van der Waals surface area contributed by atoms with E-state index in [1.807, 2.05) is 0 Å². The number of halogens is 1. The highest BCUT2D eigenvalue weighted by Crippen LogP contribution is 2.32. The van der Waals surface area contributed by atoms with Crippen molar-refractivity contribution in [2.75, 3.05) is 43.6 Å². The van der Waals surface area contributed by atoms with Gasteiger partial charge in [-0.3, -0.25) is 9.10 Å². The van der Waals surface area contributed by atoms with Crippen molar-refractivity contribution in [3.63, 3.8) is 0 Å². The first kappa shape index (κ1) is 24.8. The topological polar surface area (TPSA) is 84.9 Å². The third-order valence-electron chi connectivity index (χ3n) is 4.35. The number of carbonyl (C=O) groups is 1. The molecule has 0 aromatic heterocycles. The van der Waals surface area contributed by atoms with E-state index in [0.29, 0.717) is 41.5 Å². The molecular formula is C21H27FN2O5S2. The summed E-state index contributed by atoms with van der Waals surface area (Å²) in [7, 11) is -0.767. The number of methoxy groups -OCH3 is 2. The van der Waals surface area contributed by atoms with Gasteiger partial charge in [-0.25, -0.2) is 12.8 Å². The van der Waals surface area contributed by atoms with Crippen LogP contribution in [0.2, 0.25) is 0 Å². The molecule has 0 saturated carbocycles. The van der Waals surface area contributed by atoms with Gasteiger partial charge < -0.3 is 14.8 Å². The van der Waals surface area contributed by atoms with Crippen LogP contribution in [0.5, 0.6) is 11.5 Å². The smallest absolute Gasteiger partial charge is 0.240 e. The summed E-state index contributed by atoms with van der Waals surface area (Å²) in [5, 5.41) is 2.73. The number of anilines is 1. The maximum absolute atomic E-state index is 13.6. The third-order valence-corrected chi connectivity index (χ3v) is 6.58. The van der Waals surface area contributed by atoms with Gasteiger partial charge in [-0.05, 0) is 35.9 Å². The summed E-state index contributed by atoms with van der Waals surface area (Å²) in [6, 6.07) is 11.3. The van der Waals surface area contributed by atoms with Crippen LogP contribution in [-0.2, 0) is 20.6 Å². The Hall–Kier alpha value is -2.46. The SMILES string of the molecule is COc1ccc(N(CC(=O)NCCCSCc2ccccc2F)S(C)(=O)=O)cc1OC. The predicted molar refractivity (Wildman–Crippen MR) is 122 cm³/mol. The Morgan fingerprint density at radius 2 is 1.84 bits per heavy atom. The minimum Gasteiger partial charge on any atom is -0.493 e. The van der Waals surface area contributed by atoms with Gasteiger partial charge in [0.25, 0.3) is 0 Å². The Kier molecular flexibility index (Phi) is 9.44. The van der Waals surface area contributed by atoms with Crippen LogP contribution in [0, 0.1) is 5.82 Å². The lowest BCUT2D eigenvalue weighted by Crippen LogP contribution is -2.40. The van der Waals surface area contributed by atoms with Crippen molar-refractivity contribution in [2.24, 2.45) is 0 Å². The Balaban J connectivity index is 1.86. The van der Waals surface area contributed by atoms with E-state index < -0.39 is 15.9 Å². The average molecular weight is 471 g/mol. The molecule has 1 N–H and O–H groups in total. The quantitative estimate of drug-likeness (QED) is 0.480. The molecule has 0 unspecified atom stereocenters. The van der Waals surface area contributed by atoms with Crippen molar-refractivity contribution < 1.29 is 27.1 Å². The average Bonchev–Trinajstić information content (AvgIpc) is 2.74. The number of amides is 1. The fraction of sp³-hybridized carbons (Fsp3) is 0.381. The molecule has 0 spiro atoms. The molecule has 170 valence electrons. The third kappa shape index (κ3) is 7.62. The van der Waals surface area contributed by atoms with Crippen LogP contribution in [0.1, 0.15) is 12.0 Å². The van der Waals surface area contributed by atoms with Crippen molar-refractivity contribution in [1.29, 1.82) is 0 Å². The van der Waals surface area contributed by atoms with Crippen molar-refractivity contribution in [1.82, 2.24) is 5.32 Å². The molecule has 0 fully saturated rings. The highest BCUT2D eigenvalue weighted by atomic mass is 32.2. The molecule has 2 aromatic carbocycles. The molecule has 7 nitrogen and oxygen atoms in total. The molecule has 0 aliphatic heterocycles. The Morgan fingerprint density at radius 1 is 1.13 bits per heavy atom. The van der Waals surface area contributed by atoms with Crippen LogP contribution in [0.25, 0.3) is 0 Å². The van der Waals surface area contributed by atoms with Crippen molar-refractivity contribution in [2.45, 2.75) is 12.2 Å². The molecule has 1 amide bonds. The lowest BCUT2D eigenvalue weighted by atomic mass is 10.2. The van der Waals surface area contributed by atoms with Gasteiger partial charge in [-0.1, -0.05) is 18.2 Å². The van der Waals surface area contributed by atoms with E-state index in [1.54, 1.807) is 42.1 Å². The largest absolute Gasteiger partial charge is 0.493 e. The molecule has 0 aliphatic rings. The number of nitrogens with one attached hydrogen (secondary N) is 1. The summed E-state index contributed by atoms with van der Waals surface area (Å²) < 4.78 is 49.4. The molecular weight excluding hydrogens is 443 g/mol. The van der Waals surface area contributed by atoms with E-state index in [9.17, 15) is 17.6 Å². The summed E-state index contributed by atoms with van der Waals surface area (Å²) in [6.45, 7) is 0.0450. The first-order valence-corrected chi connectivity index (χ1v) is 12.5. The maximum Gasteiger partial charge on any atom is 0.240 e. The minimum absolute atomic E-state index is 0.223. The number of benzene rings is 2. The van der Waals surface area contributed by atoms with E-state index in [1.165, 1.54) is 26.4 Å². The van der Waals surface area contributed by atoms with Gasteiger partial charge in [0, 0.05) is 18.4 Å². The monoisotopic (exact) mass is 470 g/mol. The summed E-state index contributed by atoms with van der Waals surface area (Å²) >= 11 is 1.57. The molecule has 0 heterocycles. The van der Waals surface area contributed by atoms with E-state index in [-0.39, 0.29) is 12.4 Å². The van der Waals surface area contributed by atoms with Crippen molar-refractivity contribution >= 4 is 33.4 Å². The van der Waals surface area contributed by atoms with Crippen molar-refractivity contribution in [3.05, 3.63) is 53.8 Å². The molecule has 10 heteroatoms. The van der Waals surface area contributed by atoms with Crippen LogP contribution < -0.4 is 19.1 Å². The molecule has 0 aliphatic carbocycles. The Labute approximate surface area is 187 Å². The molecule has 0 saturated heterocycles. The normalized spacial score (nSPS) is 11.1. The van der Waals surface area contributed by atoms with Crippen molar-refractivity contribution in [3.8, 4) is 11.5 Å². The van der Waals surface area contributed by atoms with Gasteiger partial charge in [0.1, 0.15) is 12.4 Å². The molecule has 0 radical (unpaired) electrons. The summed E-state index contributed by atoms with van der Waals surface area (Å²) in [5.74, 6) is 1.47. The first-order valence-electron chi connectivity index (χ1n) is 9.54.